The summed E-state index contributed by atoms with van der Waals surface area (Å²) >= 11 is 5.79. The minimum absolute atomic E-state index is 0.0663. The van der Waals surface area contributed by atoms with E-state index in [0.29, 0.717) is 5.69 Å². The fourth-order valence-electron chi connectivity index (χ4n) is 1.98. The minimum Gasteiger partial charge on any atom is -0.396 e. The Morgan fingerprint density at radius 3 is 2.43 bits per heavy atom. The van der Waals surface area contributed by atoms with E-state index in [1.54, 1.807) is 37.3 Å². The molecule has 0 fully saturated rings. The number of rotatable bonds is 4. The highest BCUT2D eigenvalue weighted by atomic mass is 35.5. The first-order chi connectivity index (χ1) is 9.87. The number of benzene rings is 2. The molecule has 0 saturated heterocycles. The molecule has 0 amide bonds. The topological polar surface area (TPSA) is 63.4 Å². The third kappa shape index (κ3) is 2.96. The van der Waals surface area contributed by atoms with Gasteiger partial charge in [0.2, 0.25) is 0 Å². The maximum atomic E-state index is 14.1. The van der Waals surface area contributed by atoms with Gasteiger partial charge in [-0.05, 0) is 31.2 Å². The van der Waals surface area contributed by atoms with Crippen LogP contribution in [0.25, 0.3) is 0 Å². The van der Waals surface area contributed by atoms with E-state index in [1.165, 1.54) is 6.07 Å². The standard InChI is InChI=1S/C14H14ClFN2O2S/c1-2-18(11-6-4-3-5-7-11)21(19,20)13-9-10(15)8-12(17)14(13)16/h3-9H,2,17H2,1H3. The van der Waals surface area contributed by atoms with Crippen molar-refractivity contribution in [3.8, 4) is 0 Å². The van der Waals surface area contributed by atoms with Gasteiger partial charge in [0.15, 0.2) is 5.82 Å². The lowest BCUT2D eigenvalue weighted by Gasteiger charge is -2.23. The molecule has 0 aromatic heterocycles. The van der Waals surface area contributed by atoms with Crippen molar-refractivity contribution in [1.29, 1.82) is 0 Å². The van der Waals surface area contributed by atoms with E-state index >= 15 is 0 Å². The van der Waals surface area contributed by atoms with Crippen molar-refractivity contribution in [3.63, 3.8) is 0 Å². The van der Waals surface area contributed by atoms with Gasteiger partial charge in [-0.1, -0.05) is 29.8 Å². The summed E-state index contributed by atoms with van der Waals surface area (Å²) in [7, 11) is -4.09. The molecule has 0 aliphatic carbocycles. The Balaban J connectivity index is 2.61. The van der Waals surface area contributed by atoms with Crippen LogP contribution in [0.2, 0.25) is 5.02 Å². The Morgan fingerprint density at radius 2 is 1.86 bits per heavy atom. The predicted molar refractivity (Wildman–Crippen MR) is 82.5 cm³/mol. The van der Waals surface area contributed by atoms with Crippen LogP contribution < -0.4 is 10.0 Å². The molecule has 2 aromatic rings. The number of para-hydroxylation sites is 1. The number of halogens is 2. The highest BCUT2D eigenvalue weighted by molar-refractivity contribution is 7.92. The van der Waals surface area contributed by atoms with Gasteiger partial charge in [0.05, 0.1) is 11.4 Å². The van der Waals surface area contributed by atoms with E-state index in [4.69, 9.17) is 17.3 Å². The Kier molecular flexibility index (Phi) is 4.39. The summed E-state index contributed by atoms with van der Waals surface area (Å²) in [6.07, 6.45) is 0. The first kappa shape index (κ1) is 15.6. The van der Waals surface area contributed by atoms with Crippen LogP contribution in [0.1, 0.15) is 6.92 Å². The Bertz CT molecular complexity index is 751. The average Bonchev–Trinajstić information content (AvgIpc) is 2.44. The van der Waals surface area contributed by atoms with Crippen molar-refractivity contribution < 1.29 is 12.8 Å². The molecule has 2 N–H and O–H groups in total. The van der Waals surface area contributed by atoms with E-state index in [9.17, 15) is 12.8 Å². The molecular formula is C14H14ClFN2O2S. The quantitative estimate of drug-likeness (QED) is 0.876. The fourth-order valence-corrected chi connectivity index (χ4v) is 3.86. The summed E-state index contributed by atoms with van der Waals surface area (Å²) < 4.78 is 40.5. The molecule has 0 aliphatic rings. The monoisotopic (exact) mass is 328 g/mol. The Morgan fingerprint density at radius 1 is 1.24 bits per heavy atom. The van der Waals surface area contributed by atoms with Gasteiger partial charge in [-0.3, -0.25) is 4.31 Å². The molecule has 0 saturated carbocycles. The Hall–Kier alpha value is -1.79. The maximum absolute atomic E-state index is 14.1. The van der Waals surface area contributed by atoms with Gasteiger partial charge in [0.25, 0.3) is 10.0 Å². The van der Waals surface area contributed by atoms with Crippen molar-refractivity contribution in [2.24, 2.45) is 0 Å². The summed E-state index contributed by atoms with van der Waals surface area (Å²) in [5.74, 6) is -0.992. The van der Waals surface area contributed by atoms with Crippen LogP contribution in [-0.4, -0.2) is 15.0 Å². The molecule has 0 spiro atoms. The molecule has 7 heteroatoms. The average molecular weight is 329 g/mol. The number of sulfonamides is 1. The second kappa shape index (κ2) is 5.91. The summed E-state index contributed by atoms with van der Waals surface area (Å²) in [5.41, 5.74) is 5.60. The number of hydrogen-bond donors (Lipinski definition) is 1. The van der Waals surface area contributed by atoms with Crippen LogP contribution in [0.15, 0.2) is 47.4 Å². The third-order valence-corrected chi connectivity index (χ3v) is 5.05. The van der Waals surface area contributed by atoms with Gasteiger partial charge in [0.1, 0.15) is 4.90 Å². The molecule has 0 bridgehead atoms. The van der Waals surface area contributed by atoms with Crippen molar-refractivity contribution in [2.45, 2.75) is 11.8 Å². The van der Waals surface area contributed by atoms with E-state index < -0.39 is 20.7 Å². The van der Waals surface area contributed by atoms with Crippen LogP contribution in [0, 0.1) is 5.82 Å². The highest BCUT2D eigenvalue weighted by Crippen LogP contribution is 2.30. The molecule has 0 unspecified atom stereocenters. The Labute approximate surface area is 128 Å². The van der Waals surface area contributed by atoms with Gasteiger partial charge >= 0.3 is 0 Å². The molecule has 0 radical (unpaired) electrons. The predicted octanol–water partition coefficient (Wildman–Crippen LogP) is 3.28. The number of nitrogen functional groups attached to an aromatic ring is 1. The van der Waals surface area contributed by atoms with Gasteiger partial charge in [0, 0.05) is 11.6 Å². The lowest BCUT2D eigenvalue weighted by Crippen LogP contribution is -2.31. The number of nitrogens with zero attached hydrogens (tertiary/aromatic N) is 1. The maximum Gasteiger partial charge on any atom is 0.267 e. The van der Waals surface area contributed by atoms with Gasteiger partial charge in [-0.25, -0.2) is 12.8 Å². The van der Waals surface area contributed by atoms with Gasteiger partial charge in [-0.2, -0.15) is 0 Å². The SMILES string of the molecule is CCN(c1ccccc1)S(=O)(=O)c1cc(Cl)cc(N)c1F. The second-order valence-corrected chi connectivity index (χ2v) is 6.58. The summed E-state index contributed by atoms with van der Waals surface area (Å²) in [4.78, 5) is -0.529. The van der Waals surface area contributed by atoms with Crippen molar-refractivity contribution in [2.75, 3.05) is 16.6 Å². The normalized spacial score (nSPS) is 11.4. The van der Waals surface area contributed by atoms with Crippen molar-refractivity contribution in [3.05, 3.63) is 53.3 Å². The number of anilines is 2. The van der Waals surface area contributed by atoms with Crippen LogP contribution >= 0.6 is 11.6 Å². The summed E-state index contributed by atoms with van der Waals surface area (Å²) in [6.45, 7) is 1.81. The third-order valence-electron chi connectivity index (χ3n) is 2.93. The van der Waals surface area contributed by atoms with Crippen molar-refractivity contribution >= 4 is 33.0 Å². The second-order valence-electron chi connectivity index (χ2n) is 4.31. The molecule has 21 heavy (non-hydrogen) atoms. The lowest BCUT2D eigenvalue weighted by molar-refractivity contribution is 0.566. The number of hydrogen-bond acceptors (Lipinski definition) is 3. The zero-order valence-corrected chi connectivity index (χ0v) is 12.8. The van der Waals surface area contributed by atoms with E-state index in [2.05, 4.69) is 0 Å². The van der Waals surface area contributed by atoms with E-state index in [-0.39, 0.29) is 17.3 Å². The lowest BCUT2D eigenvalue weighted by atomic mass is 10.3. The number of nitrogens with two attached hydrogens (primary N) is 1. The van der Waals surface area contributed by atoms with Gasteiger partial charge < -0.3 is 5.73 Å². The van der Waals surface area contributed by atoms with E-state index in [1.807, 2.05) is 0 Å². The van der Waals surface area contributed by atoms with Crippen LogP contribution in [0.3, 0.4) is 0 Å². The van der Waals surface area contributed by atoms with Gasteiger partial charge in [-0.15, -0.1) is 0 Å². The van der Waals surface area contributed by atoms with E-state index in [0.717, 1.165) is 10.4 Å². The van der Waals surface area contributed by atoms with Crippen LogP contribution in [0.4, 0.5) is 15.8 Å². The van der Waals surface area contributed by atoms with Crippen LogP contribution in [0.5, 0.6) is 0 Å². The first-order valence-electron chi connectivity index (χ1n) is 6.20. The molecular weight excluding hydrogens is 315 g/mol. The molecule has 0 atom stereocenters. The molecule has 112 valence electrons. The minimum atomic E-state index is -4.09. The fraction of sp³-hybridized carbons (Fsp3) is 0.143. The zero-order valence-electron chi connectivity index (χ0n) is 11.3. The molecule has 0 heterocycles. The van der Waals surface area contributed by atoms with Crippen molar-refractivity contribution in [1.82, 2.24) is 0 Å². The molecule has 2 rings (SSSR count). The molecule has 0 aliphatic heterocycles. The molecule has 4 nitrogen and oxygen atoms in total. The molecule has 2 aromatic carbocycles. The summed E-state index contributed by atoms with van der Waals surface area (Å²) in [5, 5.41) is 0.0663. The van der Waals surface area contributed by atoms with Crippen LogP contribution in [-0.2, 0) is 10.0 Å². The highest BCUT2D eigenvalue weighted by Gasteiger charge is 2.28. The first-order valence-corrected chi connectivity index (χ1v) is 8.02. The smallest absolute Gasteiger partial charge is 0.267 e. The summed E-state index contributed by atoms with van der Waals surface area (Å²) in [6, 6.07) is 10.7. The zero-order chi connectivity index (χ0) is 15.6. The largest absolute Gasteiger partial charge is 0.396 e.